The van der Waals surface area contributed by atoms with Gasteiger partial charge in [-0.1, -0.05) is 23.7 Å². The Kier molecular flexibility index (Phi) is 5.04. The molecular weight excluding hydrogens is 375 g/mol. The number of nitrogens with one attached hydrogen (secondary N) is 1. The van der Waals surface area contributed by atoms with E-state index in [-0.39, 0.29) is 6.04 Å². The van der Waals surface area contributed by atoms with Crippen LogP contribution in [0.2, 0.25) is 5.02 Å². The zero-order chi connectivity index (χ0) is 13.8. The van der Waals surface area contributed by atoms with Crippen molar-refractivity contribution < 1.29 is 4.74 Å². The van der Waals surface area contributed by atoms with Crippen LogP contribution in [-0.2, 0) is 0 Å². The highest BCUT2D eigenvalue weighted by atomic mass is 127. The molecule has 0 aliphatic heterocycles. The summed E-state index contributed by atoms with van der Waals surface area (Å²) < 4.78 is 6.53. The quantitative estimate of drug-likeness (QED) is 0.479. The largest absolute Gasteiger partial charge is 0.496 e. The lowest BCUT2D eigenvalue weighted by Crippen LogP contribution is -2.29. The molecule has 2 rings (SSSR count). The van der Waals surface area contributed by atoms with Crippen LogP contribution in [0.4, 0.5) is 0 Å². The second-order valence-electron chi connectivity index (χ2n) is 4.04. The molecule has 1 unspecified atom stereocenters. The van der Waals surface area contributed by atoms with E-state index >= 15 is 0 Å². The Bertz CT molecular complexity index is 577. The number of hydrazine groups is 1. The highest BCUT2D eigenvalue weighted by Crippen LogP contribution is 2.32. The highest BCUT2D eigenvalue weighted by molar-refractivity contribution is 14.1. The maximum Gasteiger partial charge on any atom is 0.124 e. The van der Waals surface area contributed by atoms with E-state index in [2.05, 4.69) is 34.1 Å². The summed E-state index contributed by atoms with van der Waals surface area (Å²) in [6.07, 6.45) is 0. The molecule has 0 aliphatic rings. The molecule has 0 fully saturated rings. The Hall–Kier alpha value is -0.820. The van der Waals surface area contributed by atoms with Gasteiger partial charge >= 0.3 is 0 Å². The smallest absolute Gasteiger partial charge is 0.124 e. The number of ether oxygens (including phenoxy) is 1. The lowest BCUT2D eigenvalue weighted by molar-refractivity contribution is 0.404. The number of halogens is 2. The summed E-state index contributed by atoms with van der Waals surface area (Å²) in [5.41, 5.74) is 4.80. The first-order chi connectivity index (χ1) is 9.15. The average Bonchev–Trinajstić information content (AvgIpc) is 2.40. The van der Waals surface area contributed by atoms with E-state index in [0.29, 0.717) is 5.02 Å². The molecule has 0 amide bonds. The molecule has 19 heavy (non-hydrogen) atoms. The zero-order valence-electron chi connectivity index (χ0n) is 10.4. The van der Waals surface area contributed by atoms with Crippen LogP contribution in [0.1, 0.15) is 17.2 Å². The van der Waals surface area contributed by atoms with Crippen LogP contribution >= 0.6 is 34.2 Å². The Morgan fingerprint density at radius 1 is 1.26 bits per heavy atom. The van der Waals surface area contributed by atoms with Gasteiger partial charge in [-0.3, -0.25) is 5.84 Å². The van der Waals surface area contributed by atoms with E-state index in [9.17, 15) is 0 Å². The molecular formula is C14H14ClIN2O. The first kappa shape index (κ1) is 14.6. The minimum atomic E-state index is -0.164. The van der Waals surface area contributed by atoms with Gasteiger partial charge in [0.25, 0.3) is 0 Å². The molecule has 1 atom stereocenters. The third-order valence-electron chi connectivity index (χ3n) is 2.85. The monoisotopic (exact) mass is 388 g/mol. The Morgan fingerprint density at radius 2 is 2.05 bits per heavy atom. The molecule has 5 heteroatoms. The van der Waals surface area contributed by atoms with E-state index in [1.165, 1.54) is 0 Å². The standard InChI is InChI=1S/C14H14ClIN2O/c1-19-13-6-5-10(15)8-12(13)14(18-17)9-3-2-4-11(16)7-9/h2-8,14,18H,17H2,1H3. The van der Waals surface area contributed by atoms with Crippen molar-refractivity contribution in [3.05, 3.63) is 62.2 Å². The fourth-order valence-electron chi connectivity index (χ4n) is 1.98. The van der Waals surface area contributed by atoms with Crippen LogP contribution in [0, 0.1) is 3.57 Å². The number of methoxy groups -OCH3 is 1. The van der Waals surface area contributed by atoms with Gasteiger partial charge in [0.15, 0.2) is 0 Å². The molecule has 0 aromatic heterocycles. The zero-order valence-corrected chi connectivity index (χ0v) is 13.3. The molecule has 0 spiro atoms. The number of benzene rings is 2. The molecule has 3 nitrogen and oxygen atoms in total. The molecule has 0 saturated heterocycles. The Morgan fingerprint density at radius 3 is 2.68 bits per heavy atom. The first-order valence-electron chi connectivity index (χ1n) is 5.70. The summed E-state index contributed by atoms with van der Waals surface area (Å²) in [6, 6.07) is 13.5. The lowest BCUT2D eigenvalue weighted by Gasteiger charge is -2.20. The molecule has 0 radical (unpaired) electrons. The highest BCUT2D eigenvalue weighted by Gasteiger charge is 2.17. The number of hydrogen-bond donors (Lipinski definition) is 2. The lowest BCUT2D eigenvalue weighted by atomic mass is 9.98. The predicted octanol–water partition coefficient (Wildman–Crippen LogP) is 3.51. The minimum absolute atomic E-state index is 0.164. The van der Waals surface area contributed by atoms with Crippen molar-refractivity contribution in [2.24, 2.45) is 5.84 Å². The molecule has 2 aromatic carbocycles. The minimum Gasteiger partial charge on any atom is -0.496 e. The summed E-state index contributed by atoms with van der Waals surface area (Å²) >= 11 is 8.34. The van der Waals surface area contributed by atoms with Gasteiger partial charge in [-0.25, -0.2) is 5.43 Å². The topological polar surface area (TPSA) is 47.3 Å². The van der Waals surface area contributed by atoms with Gasteiger partial charge in [-0.05, 0) is 58.5 Å². The molecule has 3 N–H and O–H groups in total. The second-order valence-corrected chi connectivity index (χ2v) is 5.72. The molecule has 0 aliphatic carbocycles. The van der Waals surface area contributed by atoms with Gasteiger partial charge in [0.1, 0.15) is 5.75 Å². The van der Waals surface area contributed by atoms with Gasteiger partial charge in [-0.2, -0.15) is 0 Å². The first-order valence-corrected chi connectivity index (χ1v) is 7.16. The van der Waals surface area contributed by atoms with Gasteiger partial charge in [-0.15, -0.1) is 0 Å². The Balaban J connectivity index is 2.50. The summed E-state index contributed by atoms with van der Waals surface area (Å²) in [4.78, 5) is 0. The van der Waals surface area contributed by atoms with Crippen molar-refractivity contribution in [1.82, 2.24) is 5.43 Å². The van der Waals surface area contributed by atoms with Crippen LogP contribution in [0.25, 0.3) is 0 Å². The molecule has 100 valence electrons. The maximum atomic E-state index is 6.07. The third-order valence-corrected chi connectivity index (χ3v) is 3.76. The molecule has 0 heterocycles. The van der Waals surface area contributed by atoms with E-state index in [4.69, 9.17) is 22.2 Å². The summed E-state index contributed by atoms with van der Waals surface area (Å²) in [5.74, 6) is 6.47. The van der Waals surface area contributed by atoms with Crippen molar-refractivity contribution in [3.63, 3.8) is 0 Å². The molecule has 0 bridgehead atoms. The van der Waals surface area contributed by atoms with Crippen LogP contribution in [-0.4, -0.2) is 7.11 Å². The average molecular weight is 389 g/mol. The predicted molar refractivity (Wildman–Crippen MR) is 86.3 cm³/mol. The van der Waals surface area contributed by atoms with Crippen LogP contribution in [0.3, 0.4) is 0 Å². The normalized spacial score (nSPS) is 12.2. The van der Waals surface area contributed by atoms with E-state index < -0.39 is 0 Å². The van der Waals surface area contributed by atoms with Crippen molar-refractivity contribution in [2.75, 3.05) is 7.11 Å². The van der Waals surface area contributed by atoms with Gasteiger partial charge in [0.05, 0.1) is 13.2 Å². The van der Waals surface area contributed by atoms with E-state index in [1.807, 2.05) is 30.3 Å². The summed E-state index contributed by atoms with van der Waals surface area (Å²) in [7, 11) is 1.63. The van der Waals surface area contributed by atoms with Crippen LogP contribution < -0.4 is 16.0 Å². The number of rotatable bonds is 4. The maximum absolute atomic E-state index is 6.07. The van der Waals surface area contributed by atoms with Gasteiger partial charge in [0.2, 0.25) is 0 Å². The fourth-order valence-corrected chi connectivity index (χ4v) is 2.73. The van der Waals surface area contributed by atoms with Crippen LogP contribution in [0.15, 0.2) is 42.5 Å². The summed E-state index contributed by atoms with van der Waals surface area (Å²) in [6.45, 7) is 0. The Labute approximate surface area is 131 Å². The third kappa shape index (κ3) is 3.39. The van der Waals surface area contributed by atoms with Crippen molar-refractivity contribution in [2.45, 2.75) is 6.04 Å². The van der Waals surface area contributed by atoms with E-state index in [1.54, 1.807) is 13.2 Å². The summed E-state index contributed by atoms with van der Waals surface area (Å²) in [5, 5.41) is 0.654. The van der Waals surface area contributed by atoms with E-state index in [0.717, 1.165) is 20.4 Å². The van der Waals surface area contributed by atoms with Gasteiger partial charge in [0, 0.05) is 14.2 Å². The van der Waals surface area contributed by atoms with Crippen molar-refractivity contribution >= 4 is 34.2 Å². The number of hydrogen-bond acceptors (Lipinski definition) is 3. The fraction of sp³-hybridized carbons (Fsp3) is 0.143. The SMILES string of the molecule is COc1ccc(Cl)cc1C(NN)c1cccc(I)c1. The van der Waals surface area contributed by atoms with Crippen LogP contribution in [0.5, 0.6) is 5.75 Å². The van der Waals surface area contributed by atoms with Crippen molar-refractivity contribution in [1.29, 1.82) is 0 Å². The van der Waals surface area contributed by atoms with Gasteiger partial charge < -0.3 is 4.74 Å². The number of nitrogens with two attached hydrogens (primary N) is 1. The molecule has 0 saturated carbocycles. The molecule has 2 aromatic rings. The van der Waals surface area contributed by atoms with Crippen molar-refractivity contribution in [3.8, 4) is 5.75 Å². The second kappa shape index (κ2) is 6.56.